The van der Waals surface area contributed by atoms with E-state index in [4.69, 9.17) is 40.5 Å². The van der Waals surface area contributed by atoms with Crippen LogP contribution in [0.2, 0.25) is 0 Å². The molecule has 6 N–H and O–H groups in total. The lowest BCUT2D eigenvalue weighted by atomic mass is 10.8. The fourth-order valence-electron chi connectivity index (χ4n) is 0. The Morgan fingerprint density at radius 2 is 0.938 bits per heavy atom. The van der Waals surface area contributed by atoms with E-state index in [-0.39, 0.29) is 6.61 Å². The Morgan fingerprint density at radius 3 is 0.938 bits per heavy atom. The normalized spacial score (nSPS) is 6.56. The molecule has 16 heavy (non-hydrogen) atoms. The molecule has 0 aromatic carbocycles. The third-order valence-corrected chi connectivity index (χ3v) is 0.129. The molecule has 0 rings (SSSR count). The standard InChI is InChI=1S/C2H7NO.3C2H4O2/c3-1-2-4;3*1-2(3)4/h4H,1-3H2;3*1H3,(H,3,4). The highest BCUT2D eigenvalue weighted by Gasteiger charge is 1.66. The summed E-state index contributed by atoms with van der Waals surface area (Å²) in [4.78, 5) is 27.0. The van der Waals surface area contributed by atoms with E-state index in [1.807, 2.05) is 0 Å². The van der Waals surface area contributed by atoms with E-state index in [1.54, 1.807) is 0 Å². The predicted octanol–water partition coefficient (Wildman–Crippen LogP) is -0.790. The lowest BCUT2D eigenvalue weighted by Crippen LogP contribution is -2.02. The summed E-state index contributed by atoms with van der Waals surface area (Å²) in [6, 6.07) is 0. The molecule has 0 amide bonds. The van der Waals surface area contributed by atoms with Crippen LogP contribution < -0.4 is 5.73 Å². The Labute approximate surface area is 93.3 Å². The van der Waals surface area contributed by atoms with E-state index in [0.29, 0.717) is 6.54 Å². The van der Waals surface area contributed by atoms with Crippen LogP contribution in [0.15, 0.2) is 0 Å². The van der Waals surface area contributed by atoms with Gasteiger partial charge in [-0.15, -0.1) is 0 Å². The van der Waals surface area contributed by atoms with E-state index in [1.165, 1.54) is 0 Å². The second-order valence-corrected chi connectivity index (χ2v) is 2.07. The summed E-state index contributed by atoms with van der Waals surface area (Å²) < 4.78 is 0. The van der Waals surface area contributed by atoms with Crippen LogP contribution in [0.3, 0.4) is 0 Å². The molecule has 0 saturated carbocycles. The van der Waals surface area contributed by atoms with Gasteiger partial charge < -0.3 is 26.2 Å². The fraction of sp³-hybridized carbons (Fsp3) is 0.625. The molecule has 0 unspecified atom stereocenters. The maximum atomic E-state index is 9.00. The van der Waals surface area contributed by atoms with E-state index in [0.717, 1.165) is 20.8 Å². The van der Waals surface area contributed by atoms with Gasteiger partial charge in [-0.2, -0.15) is 0 Å². The van der Waals surface area contributed by atoms with Crippen LogP contribution in [0.4, 0.5) is 0 Å². The van der Waals surface area contributed by atoms with Crippen molar-refractivity contribution in [1.29, 1.82) is 0 Å². The first kappa shape index (κ1) is 23.9. The first-order valence-corrected chi connectivity index (χ1v) is 4.01. The second-order valence-electron chi connectivity index (χ2n) is 2.07. The molecule has 0 radical (unpaired) electrons. The Kier molecular flexibility index (Phi) is 34.7. The molecule has 0 aliphatic carbocycles. The van der Waals surface area contributed by atoms with Crippen LogP contribution in [0.1, 0.15) is 20.8 Å². The second kappa shape index (κ2) is 23.3. The molecule has 0 saturated heterocycles. The van der Waals surface area contributed by atoms with E-state index in [9.17, 15) is 0 Å². The average Bonchev–Trinajstić information content (AvgIpc) is 2.00. The van der Waals surface area contributed by atoms with Gasteiger partial charge in [0.2, 0.25) is 0 Å². The largest absolute Gasteiger partial charge is 0.481 e. The number of carboxylic acid groups (broad SMARTS) is 3. The highest BCUT2D eigenvalue weighted by molar-refractivity contribution is 5.63. The molecule has 0 aliphatic heterocycles. The third-order valence-electron chi connectivity index (χ3n) is 0.129. The number of aliphatic carboxylic acids is 3. The topological polar surface area (TPSA) is 158 Å². The van der Waals surface area contributed by atoms with Crippen molar-refractivity contribution >= 4 is 17.9 Å². The lowest BCUT2D eigenvalue weighted by molar-refractivity contribution is -0.135. The van der Waals surface area contributed by atoms with Crippen LogP contribution in [-0.4, -0.2) is 51.5 Å². The number of hydrogen-bond donors (Lipinski definition) is 5. The molecule has 0 aromatic heterocycles. The molecule has 0 heterocycles. The number of aliphatic hydroxyl groups excluding tert-OH is 1. The van der Waals surface area contributed by atoms with Gasteiger partial charge in [0.1, 0.15) is 0 Å². The SMILES string of the molecule is CC(=O)O.CC(=O)O.CC(=O)O.NCCO. The Bertz CT molecular complexity index is 139. The van der Waals surface area contributed by atoms with E-state index in [2.05, 4.69) is 0 Å². The minimum absolute atomic E-state index is 0.0972. The zero-order valence-corrected chi connectivity index (χ0v) is 9.51. The van der Waals surface area contributed by atoms with Crippen molar-refractivity contribution in [1.82, 2.24) is 0 Å². The van der Waals surface area contributed by atoms with Crippen molar-refractivity contribution in [3.05, 3.63) is 0 Å². The Hall–Kier alpha value is -1.67. The Balaban J connectivity index is -0.0000000600. The Morgan fingerprint density at radius 1 is 0.875 bits per heavy atom. The van der Waals surface area contributed by atoms with Gasteiger partial charge in [0, 0.05) is 27.3 Å². The van der Waals surface area contributed by atoms with Crippen LogP contribution in [0.5, 0.6) is 0 Å². The van der Waals surface area contributed by atoms with Gasteiger partial charge in [-0.25, -0.2) is 0 Å². The van der Waals surface area contributed by atoms with E-state index < -0.39 is 17.9 Å². The first-order valence-electron chi connectivity index (χ1n) is 4.01. The van der Waals surface area contributed by atoms with Crippen LogP contribution in [0, 0.1) is 0 Å². The molecule has 0 aromatic rings. The van der Waals surface area contributed by atoms with Crippen molar-refractivity contribution in [2.45, 2.75) is 20.8 Å². The van der Waals surface area contributed by atoms with Gasteiger partial charge in [0.15, 0.2) is 0 Å². The van der Waals surface area contributed by atoms with Crippen LogP contribution >= 0.6 is 0 Å². The molecule has 0 fully saturated rings. The summed E-state index contributed by atoms with van der Waals surface area (Å²) >= 11 is 0. The van der Waals surface area contributed by atoms with Gasteiger partial charge >= 0.3 is 0 Å². The number of aliphatic hydroxyl groups is 1. The van der Waals surface area contributed by atoms with Crippen molar-refractivity contribution in [3.8, 4) is 0 Å². The number of carbonyl (C=O) groups is 3. The highest BCUT2D eigenvalue weighted by Crippen LogP contribution is 1.42. The molecule has 8 heteroatoms. The third kappa shape index (κ3) is 3530. The zero-order chi connectivity index (χ0) is 14.1. The maximum Gasteiger partial charge on any atom is 0.300 e. The number of carboxylic acids is 3. The summed E-state index contributed by atoms with van der Waals surface area (Å²) in [6.45, 7) is 3.72. The molecule has 8 nitrogen and oxygen atoms in total. The number of rotatable bonds is 1. The number of hydrogen-bond acceptors (Lipinski definition) is 5. The van der Waals surface area contributed by atoms with E-state index >= 15 is 0 Å². The van der Waals surface area contributed by atoms with Crippen molar-refractivity contribution in [2.75, 3.05) is 13.2 Å². The maximum absolute atomic E-state index is 9.00. The van der Waals surface area contributed by atoms with Crippen molar-refractivity contribution < 1.29 is 34.8 Å². The smallest absolute Gasteiger partial charge is 0.300 e. The van der Waals surface area contributed by atoms with Gasteiger partial charge in [-0.3, -0.25) is 14.4 Å². The number of nitrogens with two attached hydrogens (primary N) is 1. The van der Waals surface area contributed by atoms with Gasteiger partial charge in [-0.05, 0) is 0 Å². The quantitative estimate of drug-likeness (QED) is 0.399. The predicted molar refractivity (Wildman–Crippen MR) is 56.1 cm³/mol. The highest BCUT2D eigenvalue weighted by atomic mass is 16.4. The molecular formula is C8H19NO7. The minimum Gasteiger partial charge on any atom is -0.481 e. The summed E-state index contributed by atoms with van der Waals surface area (Å²) in [5.41, 5.74) is 4.78. The average molecular weight is 241 g/mol. The fourth-order valence-corrected chi connectivity index (χ4v) is 0. The lowest BCUT2D eigenvalue weighted by Gasteiger charge is -1.71. The molecule has 0 atom stereocenters. The van der Waals surface area contributed by atoms with Crippen molar-refractivity contribution in [2.24, 2.45) is 5.73 Å². The summed E-state index contributed by atoms with van der Waals surface area (Å²) in [5.74, 6) is -2.50. The summed E-state index contributed by atoms with van der Waals surface area (Å²) in [6.07, 6.45) is 0. The molecule has 0 bridgehead atoms. The minimum atomic E-state index is -0.833. The summed E-state index contributed by atoms with van der Waals surface area (Å²) in [5, 5.41) is 30.0. The van der Waals surface area contributed by atoms with Crippen molar-refractivity contribution in [3.63, 3.8) is 0 Å². The molecule has 0 aliphatic rings. The zero-order valence-electron chi connectivity index (χ0n) is 9.51. The molecule has 0 spiro atoms. The molecule has 98 valence electrons. The van der Waals surface area contributed by atoms with Gasteiger partial charge in [-0.1, -0.05) is 0 Å². The van der Waals surface area contributed by atoms with Crippen LogP contribution in [0.25, 0.3) is 0 Å². The van der Waals surface area contributed by atoms with Gasteiger partial charge in [0.25, 0.3) is 17.9 Å². The molecular weight excluding hydrogens is 222 g/mol. The summed E-state index contributed by atoms with van der Waals surface area (Å²) in [7, 11) is 0. The van der Waals surface area contributed by atoms with Crippen LogP contribution in [-0.2, 0) is 14.4 Å². The monoisotopic (exact) mass is 241 g/mol. The van der Waals surface area contributed by atoms with Gasteiger partial charge in [0.05, 0.1) is 6.61 Å². The first-order chi connectivity index (χ1) is 7.11.